The van der Waals surface area contributed by atoms with Gasteiger partial charge in [0.2, 0.25) is 5.91 Å². The minimum Gasteiger partial charge on any atom is -0.394 e. The molecule has 0 aliphatic carbocycles. The van der Waals surface area contributed by atoms with Crippen molar-refractivity contribution in [3.8, 4) is 0 Å². The van der Waals surface area contributed by atoms with Crippen molar-refractivity contribution in [3.05, 3.63) is 72.9 Å². The van der Waals surface area contributed by atoms with Gasteiger partial charge in [0.15, 0.2) is 0 Å². The van der Waals surface area contributed by atoms with Crippen LogP contribution in [0.5, 0.6) is 0 Å². The molecular weight excluding hydrogens is 759 g/mol. The molecule has 360 valence electrons. The van der Waals surface area contributed by atoms with Crippen LogP contribution in [0.1, 0.15) is 271 Å². The SMILES string of the molecule is CC/C=C\C/C=C\C/C=C\C/C=C\C/C=C\C/C=C\CCC(=O)NC(CO)C(O)CCCCCCCCCCCCCCCCCCCCCCCCCCCCCCCCC. The summed E-state index contributed by atoms with van der Waals surface area (Å²) >= 11 is 0. The third kappa shape index (κ3) is 48.9. The number of aliphatic hydroxyl groups is 2. The fraction of sp³-hybridized carbons (Fsp3) is 0.776. The number of rotatable bonds is 49. The van der Waals surface area contributed by atoms with Crippen LogP contribution < -0.4 is 5.32 Å². The Kier molecular flexibility index (Phi) is 51.3. The molecule has 0 aromatic carbocycles. The predicted molar refractivity (Wildman–Crippen MR) is 276 cm³/mol. The minimum atomic E-state index is -0.696. The van der Waals surface area contributed by atoms with Crippen molar-refractivity contribution in [3.63, 3.8) is 0 Å². The van der Waals surface area contributed by atoms with Gasteiger partial charge in [-0.3, -0.25) is 4.79 Å². The van der Waals surface area contributed by atoms with Gasteiger partial charge in [-0.2, -0.15) is 0 Å². The van der Waals surface area contributed by atoms with Gasteiger partial charge in [0.05, 0.1) is 18.8 Å². The third-order valence-corrected chi connectivity index (χ3v) is 12.2. The predicted octanol–water partition coefficient (Wildman–Crippen LogP) is 17.8. The summed E-state index contributed by atoms with van der Waals surface area (Å²) in [6, 6.07) is -0.582. The zero-order valence-corrected chi connectivity index (χ0v) is 41.4. The highest BCUT2D eigenvalue weighted by molar-refractivity contribution is 5.76. The Morgan fingerprint density at radius 1 is 0.403 bits per heavy atom. The van der Waals surface area contributed by atoms with Crippen molar-refractivity contribution in [1.29, 1.82) is 0 Å². The van der Waals surface area contributed by atoms with Crippen molar-refractivity contribution in [1.82, 2.24) is 5.32 Å². The number of unbranched alkanes of at least 4 members (excludes halogenated alkanes) is 30. The van der Waals surface area contributed by atoms with Crippen LogP contribution >= 0.6 is 0 Å². The van der Waals surface area contributed by atoms with E-state index in [-0.39, 0.29) is 12.5 Å². The van der Waals surface area contributed by atoms with Crippen LogP contribution in [-0.2, 0) is 4.79 Å². The Labute approximate surface area is 387 Å². The van der Waals surface area contributed by atoms with Gasteiger partial charge in [0, 0.05) is 6.42 Å². The minimum absolute atomic E-state index is 0.112. The lowest BCUT2D eigenvalue weighted by molar-refractivity contribution is -0.123. The lowest BCUT2D eigenvalue weighted by atomic mass is 10.0. The van der Waals surface area contributed by atoms with Gasteiger partial charge in [-0.1, -0.05) is 286 Å². The molecule has 4 heteroatoms. The van der Waals surface area contributed by atoms with Gasteiger partial charge < -0.3 is 15.5 Å². The molecular formula is C58H105NO3. The second kappa shape index (κ2) is 53.2. The first-order chi connectivity index (χ1) is 30.7. The van der Waals surface area contributed by atoms with E-state index < -0.39 is 12.1 Å². The number of nitrogens with one attached hydrogen (secondary N) is 1. The Balaban J connectivity index is 3.51. The van der Waals surface area contributed by atoms with E-state index in [0.29, 0.717) is 19.3 Å². The van der Waals surface area contributed by atoms with Crippen LogP contribution in [0.2, 0.25) is 0 Å². The van der Waals surface area contributed by atoms with Crippen LogP contribution in [0.15, 0.2) is 72.9 Å². The fourth-order valence-electron chi connectivity index (χ4n) is 8.15. The van der Waals surface area contributed by atoms with E-state index >= 15 is 0 Å². The topological polar surface area (TPSA) is 69.6 Å². The smallest absolute Gasteiger partial charge is 0.220 e. The second-order valence-electron chi connectivity index (χ2n) is 18.3. The molecule has 62 heavy (non-hydrogen) atoms. The first-order valence-corrected chi connectivity index (χ1v) is 27.1. The summed E-state index contributed by atoms with van der Waals surface area (Å²) in [4.78, 5) is 12.4. The van der Waals surface area contributed by atoms with Gasteiger partial charge in [-0.05, 0) is 51.4 Å². The summed E-state index contributed by atoms with van der Waals surface area (Å²) in [6.45, 7) is 4.23. The Bertz CT molecular complexity index is 1070. The van der Waals surface area contributed by atoms with Crippen LogP contribution in [0.4, 0.5) is 0 Å². The molecule has 1 amide bonds. The summed E-state index contributed by atoms with van der Waals surface area (Å²) in [5.74, 6) is -0.112. The molecule has 0 heterocycles. The van der Waals surface area contributed by atoms with E-state index in [0.717, 1.165) is 51.4 Å². The number of allylic oxidation sites excluding steroid dienone is 12. The normalized spacial score (nSPS) is 13.4. The van der Waals surface area contributed by atoms with Crippen molar-refractivity contribution in [2.45, 2.75) is 283 Å². The van der Waals surface area contributed by atoms with Crippen LogP contribution in [0.3, 0.4) is 0 Å². The molecule has 0 spiro atoms. The fourth-order valence-corrected chi connectivity index (χ4v) is 8.15. The molecule has 0 fully saturated rings. The van der Waals surface area contributed by atoms with E-state index in [9.17, 15) is 15.0 Å². The number of carbonyl (C=O) groups is 1. The van der Waals surface area contributed by atoms with Crippen molar-refractivity contribution < 1.29 is 15.0 Å². The quantitative estimate of drug-likeness (QED) is 0.0421. The molecule has 0 bridgehead atoms. The highest BCUT2D eigenvalue weighted by Gasteiger charge is 2.19. The highest BCUT2D eigenvalue weighted by Crippen LogP contribution is 2.17. The molecule has 0 aromatic heterocycles. The molecule has 0 aromatic rings. The Morgan fingerprint density at radius 3 is 0.968 bits per heavy atom. The van der Waals surface area contributed by atoms with Gasteiger partial charge in [0.25, 0.3) is 0 Å². The number of amides is 1. The van der Waals surface area contributed by atoms with Gasteiger partial charge >= 0.3 is 0 Å². The first-order valence-electron chi connectivity index (χ1n) is 27.1. The van der Waals surface area contributed by atoms with Crippen LogP contribution in [0.25, 0.3) is 0 Å². The van der Waals surface area contributed by atoms with Crippen LogP contribution in [-0.4, -0.2) is 34.9 Å². The third-order valence-electron chi connectivity index (χ3n) is 12.2. The summed E-state index contributed by atoms with van der Waals surface area (Å²) in [5.41, 5.74) is 0. The summed E-state index contributed by atoms with van der Waals surface area (Å²) < 4.78 is 0. The molecule has 3 N–H and O–H groups in total. The van der Waals surface area contributed by atoms with Gasteiger partial charge in [-0.25, -0.2) is 0 Å². The standard InChI is InChI=1S/C58H105NO3/c1-3-5-7-9-11-13-15-17-19-21-23-24-25-26-27-28-29-30-31-32-33-34-36-37-39-41-43-45-47-49-51-53-57(61)56(55-60)59-58(62)54-52-50-48-46-44-42-40-38-35-22-20-18-16-14-12-10-8-6-4-2/h6,8,12,14,18,20,35,38,42,44,48,50,56-57,60-61H,3-5,7,9-11,13,15-17,19,21-34,36-37,39-41,43,45-47,49,51-55H2,1-2H3,(H,59,62)/b8-6-,14-12-,20-18-,38-35-,44-42-,50-48-. The molecule has 0 aliphatic rings. The zero-order chi connectivity index (χ0) is 44.9. The maximum absolute atomic E-state index is 12.4. The molecule has 0 radical (unpaired) electrons. The number of carbonyl (C=O) groups excluding carboxylic acids is 1. The summed E-state index contributed by atoms with van der Waals surface area (Å²) in [5, 5.41) is 23.2. The molecule has 0 rings (SSSR count). The lowest BCUT2D eigenvalue weighted by Gasteiger charge is -2.22. The van der Waals surface area contributed by atoms with Crippen molar-refractivity contribution in [2.75, 3.05) is 6.61 Å². The molecule has 0 saturated heterocycles. The summed E-state index contributed by atoms with van der Waals surface area (Å²) in [6.07, 6.45) is 76.2. The maximum Gasteiger partial charge on any atom is 0.220 e. The average Bonchev–Trinajstić information content (AvgIpc) is 3.28. The van der Waals surface area contributed by atoms with E-state index in [2.05, 4.69) is 86.0 Å². The number of hydrogen-bond acceptors (Lipinski definition) is 3. The average molecular weight is 864 g/mol. The maximum atomic E-state index is 12.4. The monoisotopic (exact) mass is 864 g/mol. The Morgan fingerprint density at radius 2 is 0.677 bits per heavy atom. The molecule has 4 nitrogen and oxygen atoms in total. The van der Waals surface area contributed by atoms with E-state index in [1.165, 1.54) is 186 Å². The largest absolute Gasteiger partial charge is 0.394 e. The van der Waals surface area contributed by atoms with Gasteiger partial charge in [0.1, 0.15) is 0 Å². The second-order valence-corrected chi connectivity index (χ2v) is 18.3. The van der Waals surface area contributed by atoms with Gasteiger partial charge in [-0.15, -0.1) is 0 Å². The van der Waals surface area contributed by atoms with E-state index in [1.807, 2.05) is 6.08 Å². The Hall–Kier alpha value is -2.17. The molecule has 0 aliphatic heterocycles. The van der Waals surface area contributed by atoms with Crippen molar-refractivity contribution >= 4 is 5.91 Å². The molecule has 2 unspecified atom stereocenters. The van der Waals surface area contributed by atoms with Crippen molar-refractivity contribution in [2.24, 2.45) is 0 Å². The molecule has 2 atom stereocenters. The zero-order valence-electron chi connectivity index (χ0n) is 41.4. The highest BCUT2D eigenvalue weighted by atomic mass is 16.3. The van der Waals surface area contributed by atoms with E-state index in [1.54, 1.807) is 0 Å². The van der Waals surface area contributed by atoms with E-state index in [4.69, 9.17) is 0 Å². The van der Waals surface area contributed by atoms with Crippen LogP contribution in [0, 0.1) is 0 Å². The lowest BCUT2D eigenvalue weighted by Crippen LogP contribution is -2.45. The number of aliphatic hydroxyl groups excluding tert-OH is 2. The summed E-state index contributed by atoms with van der Waals surface area (Å²) in [7, 11) is 0. The number of hydrogen-bond donors (Lipinski definition) is 3. The molecule has 0 saturated carbocycles. The first kappa shape index (κ1) is 59.8.